The van der Waals surface area contributed by atoms with Crippen LogP contribution in [0.1, 0.15) is 0 Å². The van der Waals surface area contributed by atoms with Gasteiger partial charge < -0.3 is 10.6 Å². The molecule has 1 aliphatic heterocycles. The number of anilines is 2. The number of nitrogens with zero attached hydrogens (tertiary/aromatic N) is 2. The van der Waals surface area contributed by atoms with Crippen LogP contribution in [0.2, 0.25) is 0 Å². The molecule has 1 fully saturated rings. The van der Waals surface area contributed by atoms with E-state index in [0.29, 0.717) is 30.3 Å². The predicted octanol–water partition coefficient (Wildman–Crippen LogP) is 0.0878. The normalized spacial score (nSPS) is 17.6. The summed E-state index contributed by atoms with van der Waals surface area (Å²) in [5.41, 5.74) is 7.22. The van der Waals surface area contributed by atoms with Gasteiger partial charge in [-0.15, -0.1) is 0 Å². The minimum Gasteiger partial charge on any atom is -0.397 e. The maximum absolute atomic E-state index is 12.0. The average Bonchev–Trinajstić information content (AvgIpc) is 2.39. The molecule has 112 valence electrons. The number of sulfonamides is 1. The van der Waals surface area contributed by atoms with Crippen LogP contribution >= 0.6 is 0 Å². The maximum atomic E-state index is 12.0. The molecule has 1 heterocycles. The second-order valence-electron chi connectivity index (χ2n) is 4.84. The van der Waals surface area contributed by atoms with Crippen LogP contribution in [0, 0.1) is 0 Å². The smallest absolute Gasteiger partial charge is 0.242 e. The Morgan fingerprint density at radius 2 is 1.85 bits per heavy atom. The van der Waals surface area contributed by atoms with Crippen molar-refractivity contribution in [1.29, 1.82) is 0 Å². The minimum absolute atomic E-state index is 0.185. The van der Waals surface area contributed by atoms with Gasteiger partial charge in [0.15, 0.2) is 0 Å². The Bertz CT molecular complexity index is 619. The monoisotopic (exact) mass is 317 g/mol. The van der Waals surface area contributed by atoms with Crippen LogP contribution < -0.4 is 10.6 Å². The number of nitrogens with two attached hydrogens (primary N) is 1. The molecule has 0 amide bonds. The van der Waals surface area contributed by atoms with Crippen LogP contribution in [0.3, 0.4) is 0 Å². The lowest BCUT2D eigenvalue weighted by atomic mass is 10.2. The first-order valence-electron chi connectivity index (χ1n) is 6.24. The molecular formula is C12H19N3O3S2. The molecule has 0 radical (unpaired) electrons. The van der Waals surface area contributed by atoms with Gasteiger partial charge in [0, 0.05) is 49.5 Å². The Hall–Kier alpha value is -1.12. The molecule has 0 saturated carbocycles. The highest BCUT2D eigenvalue weighted by Crippen LogP contribution is 2.28. The van der Waals surface area contributed by atoms with Crippen molar-refractivity contribution in [3.8, 4) is 0 Å². The van der Waals surface area contributed by atoms with Crippen LogP contribution in [0.15, 0.2) is 23.1 Å². The van der Waals surface area contributed by atoms with E-state index < -0.39 is 20.8 Å². The summed E-state index contributed by atoms with van der Waals surface area (Å²) in [6, 6.07) is 4.77. The minimum atomic E-state index is -3.47. The van der Waals surface area contributed by atoms with Crippen LogP contribution in [-0.4, -0.2) is 55.6 Å². The van der Waals surface area contributed by atoms with Gasteiger partial charge in [0.2, 0.25) is 10.0 Å². The van der Waals surface area contributed by atoms with E-state index in [1.807, 2.05) is 4.90 Å². The molecule has 1 saturated heterocycles. The molecule has 0 spiro atoms. The molecule has 0 unspecified atom stereocenters. The van der Waals surface area contributed by atoms with Gasteiger partial charge in [-0.05, 0) is 18.2 Å². The van der Waals surface area contributed by atoms with Gasteiger partial charge in [-0.1, -0.05) is 0 Å². The Balaban J connectivity index is 2.29. The zero-order chi connectivity index (χ0) is 14.9. The standard InChI is InChI=1S/C12H19N3O3S2/c1-14(2)20(17,18)10-3-4-12(11(13)9-10)15-5-7-19(16)8-6-15/h3-4,9H,5-8,13H2,1-2H3. The zero-order valence-electron chi connectivity index (χ0n) is 11.6. The molecule has 2 N–H and O–H groups in total. The van der Waals surface area contributed by atoms with Gasteiger partial charge in [0.05, 0.1) is 16.3 Å². The molecule has 0 atom stereocenters. The van der Waals surface area contributed by atoms with Gasteiger partial charge in [0.25, 0.3) is 0 Å². The fraction of sp³-hybridized carbons (Fsp3) is 0.500. The topological polar surface area (TPSA) is 83.7 Å². The third-order valence-electron chi connectivity index (χ3n) is 3.30. The third-order valence-corrected chi connectivity index (χ3v) is 6.38. The van der Waals surface area contributed by atoms with Crippen LogP contribution in [0.4, 0.5) is 11.4 Å². The molecular weight excluding hydrogens is 298 g/mol. The second-order valence-corrected chi connectivity index (χ2v) is 8.69. The van der Waals surface area contributed by atoms with E-state index in [9.17, 15) is 12.6 Å². The van der Waals surface area contributed by atoms with E-state index in [4.69, 9.17) is 5.73 Å². The highest BCUT2D eigenvalue weighted by molar-refractivity contribution is 7.89. The Morgan fingerprint density at radius 1 is 1.25 bits per heavy atom. The molecule has 1 aromatic carbocycles. The fourth-order valence-corrected chi connectivity index (χ4v) is 4.06. The number of benzene rings is 1. The fourth-order valence-electron chi connectivity index (χ4n) is 2.07. The summed E-state index contributed by atoms with van der Waals surface area (Å²) >= 11 is 0. The van der Waals surface area contributed by atoms with E-state index >= 15 is 0 Å². The average molecular weight is 317 g/mol. The van der Waals surface area contributed by atoms with Crippen LogP contribution in [0.25, 0.3) is 0 Å². The lowest BCUT2D eigenvalue weighted by molar-refractivity contribution is 0.521. The summed E-state index contributed by atoms with van der Waals surface area (Å²) < 4.78 is 36.6. The summed E-state index contributed by atoms with van der Waals surface area (Å²) in [7, 11) is -1.25. The first kappa shape index (κ1) is 15.3. The van der Waals surface area contributed by atoms with E-state index in [-0.39, 0.29) is 4.90 Å². The van der Waals surface area contributed by atoms with Crippen LogP contribution in [-0.2, 0) is 20.8 Å². The van der Waals surface area contributed by atoms with Crippen molar-refractivity contribution >= 4 is 32.2 Å². The van der Waals surface area contributed by atoms with Gasteiger partial charge in [0.1, 0.15) is 0 Å². The summed E-state index contributed by atoms with van der Waals surface area (Å²) in [4.78, 5) is 2.23. The van der Waals surface area contributed by atoms with Gasteiger partial charge >= 0.3 is 0 Å². The quantitative estimate of drug-likeness (QED) is 0.799. The second kappa shape index (κ2) is 5.71. The number of rotatable bonds is 3. The highest BCUT2D eigenvalue weighted by atomic mass is 32.2. The number of hydrogen-bond donors (Lipinski definition) is 1. The lowest BCUT2D eigenvalue weighted by Gasteiger charge is -2.29. The first-order chi connectivity index (χ1) is 9.32. The first-order valence-corrected chi connectivity index (χ1v) is 9.17. The van der Waals surface area contributed by atoms with Gasteiger partial charge in [-0.3, -0.25) is 4.21 Å². The molecule has 20 heavy (non-hydrogen) atoms. The van der Waals surface area contributed by atoms with E-state index in [2.05, 4.69) is 0 Å². The molecule has 1 aliphatic rings. The zero-order valence-corrected chi connectivity index (χ0v) is 13.2. The third kappa shape index (κ3) is 2.97. The van der Waals surface area contributed by atoms with Crippen molar-refractivity contribution in [3.05, 3.63) is 18.2 Å². The molecule has 1 aromatic rings. The van der Waals surface area contributed by atoms with E-state index in [1.54, 1.807) is 12.1 Å². The van der Waals surface area contributed by atoms with Crippen molar-refractivity contribution in [3.63, 3.8) is 0 Å². The molecule has 6 nitrogen and oxygen atoms in total. The van der Waals surface area contributed by atoms with Crippen molar-refractivity contribution in [2.45, 2.75) is 4.90 Å². The SMILES string of the molecule is CN(C)S(=O)(=O)c1ccc(N2CCS(=O)CC2)c(N)c1. The summed E-state index contributed by atoms with van der Waals surface area (Å²) in [6.45, 7) is 1.35. The van der Waals surface area contributed by atoms with Crippen molar-refractivity contribution in [1.82, 2.24) is 4.31 Å². The lowest BCUT2D eigenvalue weighted by Crippen LogP contribution is -2.38. The van der Waals surface area contributed by atoms with E-state index in [0.717, 1.165) is 9.99 Å². The summed E-state index contributed by atoms with van der Waals surface area (Å²) in [5, 5.41) is 0. The summed E-state index contributed by atoms with van der Waals surface area (Å²) in [5.74, 6) is 1.24. The molecule has 8 heteroatoms. The van der Waals surface area contributed by atoms with Gasteiger partial charge in [-0.2, -0.15) is 0 Å². The maximum Gasteiger partial charge on any atom is 0.242 e. The molecule has 0 aliphatic carbocycles. The Labute approximate surface area is 122 Å². The molecule has 0 aromatic heterocycles. The van der Waals surface area contributed by atoms with Crippen molar-refractivity contribution in [2.75, 3.05) is 49.3 Å². The summed E-state index contributed by atoms with van der Waals surface area (Å²) in [6.07, 6.45) is 0. The van der Waals surface area contributed by atoms with Crippen LogP contribution in [0.5, 0.6) is 0 Å². The predicted molar refractivity (Wildman–Crippen MR) is 81.8 cm³/mol. The van der Waals surface area contributed by atoms with E-state index in [1.165, 1.54) is 20.2 Å². The highest BCUT2D eigenvalue weighted by Gasteiger charge is 2.21. The van der Waals surface area contributed by atoms with Crippen molar-refractivity contribution < 1.29 is 12.6 Å². The molecule has 0 bridgehead atoms. The van der Waals surface area contributed by atoms with Crippen molar-refractivity contribution in [2.24, 2.45) is 0 Å². The van der Waals surface area contributed by atoms with Gasteiger partial charge in [-0.25, -0.2) is 12.7 Å². The number of nitrogen functional groups attached to an aromatic ring is 1. The number of hydrogen-bond acceptors (Lipinski definition) is 5. The largest absolute Gasteiger partial charge is 0.397 e. The Morgan fingerprint density at radius 3 is 2.35 bits per heavy atom. The Kier molecular flexibility index (Phi) is 4.36. The molecule has 2 rings (SSSR count).